The molecule has 2 unspecified atom stereocenters. The third-order valence-electron chi connectivity index (χ3n) is 7.50. The lowest BCUT2D eigenvalue weighted by Gasteiger charge is -2.25. The van der Waals surface area contributed by atoms with Crippen molar-refractivity contribution in [2.75, 3.05) is 63.2 Å². The van der Waals surface area contributed by atoms with Gasteiger partial charge in [-0.15, -0.1) is 0 Å². The number of nitrogens with one attached hydrogen (secondary N) is 4. The van der Waals surface area contributed by atoms with Crippen molar-refractivity contribution in [3.05, 3.63) is 58.7 Å². The number of carbonyl (C=O) groups is 4. The van der Waals surface area contributed by atoms with Crippen LogP contribution in [0.25, 0.3) is 0 Å². The fourth-order valence-corrected chi connectivity index (χ4v) is 8.35. The van der Waals surface area contributed by atoms with Crippen LogP contribution in [0.15, 0.2) is 36.4 Å². The Balaban J connectivity index is 1.74. The first-order valence-electron chi connectivity index (χ1n) is 16.0. The van der Waals surface area contributed by atoms with E-state index in [2.05, 4.69) is 21.3 Å². The third-order valence-corrected chi connectivity index (χ3v) is 12.3. The van der Waals surface area contributed by atoms with Crippen LogP contribution >= 0.6 is 15.2 Å². The third kappa shape index (κ3) is 8.99. The quantitative estimate of drug-likeness (QED) is 0.0927. The minimum absolute atomic E-state index is 0.118. The van der Waals surface area contributed by atoms with Crippen molar-refractivity contribution in [2.45, 2.75) is 52.9 Å². The van der Waals surface area contributed by atoms with Crippen LogP contribution in [0.4, 0.5) is 11.4 Å². The smallest absolute Gasteiger partial charge is 0.342 e. The van der Waals surface area contributed by atoms with E-state index in [1.54, 1.807) is 64.1 Å². The van der Waals surface area contributed by atoms with E-state index in [0.717, 1.165) is 0 Å². The highest BCUT2D eigenvalue weighted by atomic mass is 31.2. The second-order valence-corrected chi connectivity index (χ2v) is 15.4. The average molecular weight is 709 g/mol. The zero-order valence-corrected chi connectivity index (χ0v) is 30.0. The minimum Gasteiger partial charge on any atom is -0.383 e. The van der Waals surface area contributed by atoms with Gasteiger partial charge in [0.2, 0.25) is 11.8 Å². The summed E-state index contributed by atoms with van der Waals surface area (Å²) in [5.41, 5.74) is -0.380. The summed E-state index contributed by atoms with van der Waals surface area (Å²) in [6, 6.07) is 9.87. The van der Waals surface area contributed by atoms with Crippen LogP contribution in [-0.2, 0) is 36.8 Å². The van der Waals surface area contributed by atoms with Gasteiger partial charge in [0.05, 0.1) is 37.6 Å². The molecule has 0 spiro atoms. The summed E-state index contributed by atoms with van der Waals surface area (Å²) in [5, 5.41) is 11.7. The lowest BCUT2D eigenvalue weighted by Crippen LogP contribution is -2.37. The number of fused-ring (bicyclic) bond motifs is 2. The molecule has 0 aromatic heterocycles. The van der Waals surface area contributed by atoms with Crippen LogP contribution in [-0.4, -0.2) is 87.3 Å². The Kier molecular flexibility index (Phi) is 14.5. The van der Waals surface area contributed by atoms with Gasteiger partial charge in [0.1, 0.15) is 11.3 Å². The monoisotopic (exact) mass is 708 g/mol. The zero-order valence-electron chi connectivity index (χ0n) is 28.3. The number of hydrogen-bond donors (Lipinski definition) is 4. The van der Waals surface area contributed by atoms with E-state index >= 15 is 0 Å². The van der Waals surface area contributed by atoms with Crippen LogP contribution in [0.1, 0.15) is 73.4 Å². The van der Waals surface area contributed by atoms with Gasteiger partial charge in [-0.1, -0.05) is 24.3 Å². The number of ketones is 2. The number of amides is 2. The van der Waals surface area contributed by atoms with Crippen molar-refractivity contribution < 1.29 is 46.4 Å². The van der Waals surface area contributed by atoms with E-state index < -0.39 is 38.3 Å². The predicted molar refractivity (Wildman–Crippen MR) is 183 cm³/mol. The predicted octanol–water partition coefficient (Wildman–Crippen LogP) is 4.83. The molecule has 2 aromatic rings. The summed E-state index contributed by atoms with van der Waals surface area (Å²) in [6.07, 6.45) is 0. The maximum atomic E-state index is 13.7. The Bertz CT molecular complexity index is 1450. The molecule has 4 N–H and O–H groups in total. The Morgan fingerprint density at radius 2 is 0.938 bits per heavy atom. The highest BCUT2D eigenvalue weighted by molar-refractivity contribution is 7.56. The normalized spacial score (nSPS) is 14.0. The standard InChI is InChI=1S/C32H46N4O10P2/c1-7-43-47(41,44-8-2)21(5)31(39)35-19-17-33-25-15-16-26(28-27(25)29(37)23-13-11-12-14-24(23)30(28)38)34-18-20-36-32(40)22(6)48(42,45-9-3)46-10-4/h11-16,21-22,33-34H,7-10,17-20H2,1-6H3,(H,35,39)(H,36,40). The summed E-state index contributed by atoms with van der Waals surface area (Å²) in [5.74, 6) is -1.71. The Hall–Kier alpha value is -3.38. The highest BCUT2D eigenvalue weighted by Gasteiger charge is 2.38. The number of carbonyl (C=O) groups excluding carboxylic acids is 4. The second-order valence-electron chi connectivity index (χ2n) is 10.7. The molecule has 2 atom stereocenters. The molecule has 14 nitrogen and oxygen atoms in total. The zero-order chi connectivity index (χ0) is 35.5. The largest absolute Gasteiger partial charge is 0.383 e. The van der Waals surface area contributed by atoms with Crippen LogP contribution in [0, 0.1) is 0 Å². The maximum Gasteiger partial charge on any atom is 0.342 e. The summed E-state index contributed by atoms with van der Waals surface area (Å²) < 4.78 is 47.1. The van der Waals surface area contributed by atoms with E-state index in [9.17, 15) is 28.3 Å². The van der Waals surface area contributed by atoms with Gasteiger partial charge in [0.25, 0.3) is 0 Å². The molecule has 0 bridgehead atoms. The lowest BCUT2D eigenvalue weighted by atomic mass is 9.82. The molecule has 264 valence electrons. The van der Waals surface area contributed by atoms with Crippen molar-refractivity contribution in [1.29, 1.82) is 0 Å². The highest BCUT2D eigenvalue weighted by Crippen LogP contribution is 2.53. The Morgan fingerprint density at radius 3 is 1.25 bits per heavy atom. The van der Waals surface area contributed by atoms with Gasteiger partial charge in [-0.3, -0.25) is 28.3 Å². The van der Waals surface area contributed by atoms with Crippen LogP contribution in [0.5, 0.6) is 0 Å². The van der Waals surface area contributed by atoms with Gasteiger partial charge in [0.15, 0.2) is 11.6 Å². The first-order chi connectivity index (χ1) is 22.9. The summed E-state index contributed by atoms with van der Waals surface area (Å²) in [6.45, 7) is 10.7. The average Bonchev–Trinajstić information content (AvgIpc) is 3.07. The molecule has 2 aromatic carbocycles. The molecule has 16 heteroatoms. The van der Waals surface area contributed by atoms with Crippen molar-refractivity contribution in [1.82, 2.24) is 10.6 Å². The molecule has 0 saturated carbocycles. The van der Waals surface area contributed by atoms with E-state index in [4.69, 9.17) is 18.1 Å². The summed E-state index contributed by atoms with van der Waals surface area (Å²) in [7, 11) is -7.29. The molecule has 0 radical (unpaired) electrons. The van der Waals surface area contributed by atoms with Crippen molar-refractivity contribution >= 4 is 49.9 Å². The lowest BCUT2D eigenvalue weighted by molar-refractivity contribution is -0.121. The number of hydrogen-bond acceptors (Lipinski definition) is 12. The first kappa shape index (κ1) is 39.1. The van der Waals surface area contributed by atoms with Crippen LogP contribution in [0.2, 0.25) is 0 Å². The molecule has 1 aliphatic rings. The topological polar surface area (TPSA) is 187 Å². The van der Waals surface area contributed by atoms with Crippen molar-refractivity contribution in [3.63, 3.8) is 0 Å². The maximum absolute atomic E-state index is 13.7. The molecule has 3 rings (SSSR count). The minimum atomic E-state index is -3.65. The van der Waals surface area contributed by atoms with Gasteiger partial charge in [-0.05, 0) is 53.7 Å². The fourth-order valence-electron chi connectivity index (χ4n) is 5.11. The van der Waals surface area contributed by atoms with Gasteiger partial charge >= 0.3 is 15.2 Å². The molecular formula is C32H46N4O10P2. The Morgan fingerprint density at radius 1 is 0.604 bits per heavy atom. The Labute approximate surface area is 281 Å². The van der Waals surface area contributed by atoms with E-state index in [1.807, 2.05) is 0 Å². The molecular weight excluding hydrogens is 662 g/mol. The van der Waals surface area contributed by atoms with Gasteiger partial charge in [-0.25, -0.2) is 0 Å². The van der Waals surface area contributed by atoms with Gasteiger partial charge in [0, 0.05) is 48.7 Å². The second kappa shape index (κ2) is 17.9. The first-order valence-corrected chi connectivity index (χ1v) is 19.3. The molecule has 48 heavy (non-hydrogen) atoms. The van der Waals surface area contributed by atoms with Gasteiger partial charge in [-0.2, -0.15) is 0 Å². The van der Waals surface area contributed by atoms with E-state index in [0.29, 0.717) is 11.4 Å². The molecule has 0 aliphatic heterocycles. The van der Waals surface area contributed by atoms with Crippen LogP contribution in [0.3, 0.4) is 0 Å². The van der Waals surface area contributed by atoms with E-state index in [1.165, 1.54) is 13.8 Å². The molecule has 1 aliphatic carbocycles. The molecule has 0 fully saturated rings. The molecule has 0 heterocycles. The number of benzene rings is 2. The van der Waals surface area contributed by atoms with Gasteiger partial charge < -0.3 is 39.4 Å². The summed E-state index contributed by atoms with van der Waals surface area (Å²) >= 11 is 0. The van der Waals surface area contributed by atoms with Crippen molar-refractivity contribution in [3.8, 4) is 0 Å². The van der Waals surface area contributed by atoms with E-state index in [-0.39, 0.29) is 86.4 Å². The fraction of sp³-hybridized carbons (Fsp3) is 0.500. The molecule has 0 saturated heterocycles. The molecule has 2 amide bonds. The number of anilines is 2. The summed E-state index contributed by atoms with van der Waals surface area (Å²) in [4.78, 5) is 52.9. The van der Waals surface area contributed by atoms with Crippen molar-refractivity contribution in [2.24, 2.45) is 0 Å². The SMILES string of the molecule is CCOP(=O)(OCC)C(C)C(=O)NCCNc1ccc(NCCNC(=O)C(C)P(=O)(OCC)OCC)c2c1C(=O)c1ccccc1C2=O. The number of rotatable bonds is 20. The van der Waals surface area contributed by atoms with Crippen LogP contribution < -0.4 is 21.3 Å².